The summed E-state index contributed by atoms with van der Waals surface area (Å²) >= 11 is 6.01. The SMILES string of the molecule is [CH2]CC(c1ccccc1)n1cc2cc(Cl)ccc2n1. The predicted molar refractivity (Wildman–Crippen MR) is 79.3 cm³/mol. The van der Waals surface area contributed by atoms with Gasteiger partial charge in [-0.15, -0.1) is 0 Å². The van der Waals surface area contributed by atoms with Crippen LogP contribution in [0.5, 0.6) is 0 Å². The van der Waals surface area contributed by atoms with Gasteiger partial charge in [-0.2, -0.15) is 5.10 Å². The summed E-state index contributed by atoms with van der Waals surface area (Å²) in [5.41, 5.74) is 2.18. The molecule has 1 radical (unpaired) electrons. The predicted octanol–water partition coefficient (Wildman–Crippen LogP) is 4.50. The summed E-state index contributed by atoms with van der Waals surface area (Å²) in [6.45, 7) is 4.04. The van der Waals surface area contributed by atoms with Crippen molar-refractivity contribution in [3.05, 3.63) is 72.2 Å². The van der Waals surface area contributed by atoms with E-state index >= 15 is 0 Å². The van der Waals surface area contributed by atoms with Crippen LogP contribution in [0.15, 0.2) is 54.7 Å². The smallest absolute Gasteiger partial charge is 0.0924 e. The highest BCUT2D eigenvalue weighted by atomic mass is 35.5. The van der Waals surface area contributed by atoms with Crippen LogP contribution in [-0.4, -0.2) is 9.78 Å². The van der Waals surface area contributed by atoms with Crippen molar-refractivity contribution in [1.29, 1.82) is 0 Å². The van der Waals surface area contributed by atoms with Crippen molar-refractivity contribution < 1.29 is 0 Å². The average Bonchev–Trinajstić information content (AvgIpc) is 2.83. The van der Waals surface area contributed by atoms with Crippen molar-refractivity contribution in [1.82, 2.24) is 9.78 Å². The zero-order chi connectivity index (χ0) is 13.2. The maximum atomic E-state index is 6.01. The molecule has 0 amide bonds. The van der Waals surface area contributed by atoms with Crippen molar-refractivity contribution in [2.24, 2.45) is 0 Å². The average molecular weight is 270 g/mol. The summed E-state index contributed by atoms with van der Waals surface area (Å²) in [7, 11) is 0. The van der Waals surface area contributed by atoms with Gasteiger partial charge in [-0.3, -0.25) is 4.68 Å². The molecule has 0 bridgehead atoms. The molecule has 0 aliphatic heterocycles. The third kappa shape index (κ3) is 2.36. The monoisotopic (exact) mass is 269 g/mol. The van der Waals surface area contributed by atoms with Gasteiger partial charge in [-0.05, 0) is 30.2 Å². The van der Waals surface area contributed by atoms with Gasteiger partial charge in [0.25, 0.3) is 0 Å². The molecule has 3 rings (SSSR count). The molecule has 0 fully saturated rings. The molecule has 1 aromatic heterocycles. The lowest BCUT2D eigenvalue weighted by molar-refractivity contribution is 0.532. The van der Waals surface area contributed by atoms with Crippen LogP contribution in [0.25, 0.3) is 10.9 Å². The number of benzene rings is 2. The Balaban J connectivity index is 2.07. The first-order chi connectivity index (χ1) is 9.28. The fraction of sp³-hybridized carbons (Fsp3) is 0.125. The molecule has 0 saturated heterocycles. The molecule has 1 atom stereocenters. The molecule has 0 spiro atoms. The van der Waals surface area contributed by atoms with Gasteiger partial charge in [-0.1, -0.05) is 48.9 Å². The Hall–Kier alpha value is -1.80. The van der Waals surface area contributed by atoms with Crippen LogP contribution in [-0.2, 0) is 0 Å². The Kier molecular flexibility index (Phi) is 3.26. The number of halogens is 1. The number of aromatic nitrogens is 2. The van der Waals surface area contributed by atoms with Crippen molar-refractivity contribution in [2.45, 2.75) is 12.5 Å². The Labute approximate surface area is 117 Å². The van der Waals surface area contributed by atoms with Crippen LogP contribution in [0.4, 0.5) is 0 Å². The molecule has 0 saturated carbocycles. The van der Waals surface area contributed by atoms with E-state index in [-0.39, 0.29) is 6.04 Å². The van der Waals surface area contributed by atoms with Crippen LogP contribution < -0.4 is 0 Å². The molecular weight excluding hydrogens is 256 g/mol. The Morgan fingerprint density at radius 3 is 2.68 bits per heavy atom. The minimum Gasteiger partial charge on any atom is -0.264 e. The molecule has 1 heterocycles. The van der Waals surface area contributed by atoms with Gasteiger partial charge in [-0.25, -0.2) is 0 Å². The molecule has 0 aliphatic rings. The van der Waals surface area contributed by atoms with Crippen LogP contribution in [0.2, 0.25) is 5.02 Å². The highest BCUT2D eigenvalue weighted by molar-refractivity contribution is 6.31. The Bertz CT molecular complexity index is 688. The Morgan fingerprint density at radius 1 is 1.16 bits per heavy atom. The van der Waals surface area contributed by atoms with E-state index in [2.05, 4.69) is 24.2 Å². The number of nitrogens with zero attached hydrogens (tertiary/aromatic N) is 2. The van der Waals surface area contributed by atoms with Gasteiger partial charge in [0.1, 0.15) is 0 Å². The van der Waals surface area contributed by atoms with E-state index in [1.165, 1.54) is 5.56 Å². The third-order valence-corrected chi connectivity index (χ3v) is 3.50. The van der Waals surface area contributed by atoms with Crippen molar-refractivity contribution in [3.63, 3.8) is 0 Å². The summed E-state index contributed by atoms with van der Waals surface area (Å²) in [6, 6.07) is 16.2. The van der Waals surface area contributed by atoms with E-state index in [0.29, 0.717) is 0 Å². The van der Waals surface area contributed by atoms with Gasteiger partial charge in [0, 0.05) is 16.6 Å². The summed E-state index contributed by atoms with van der Waals surface area (Å²) in [5.74, 6) is 0. The van der Waals surface area contributed by atoms with Gasteiger partial charge in [0.2, 0.25) is 0 Å². The number of hydrogen-bond donors (Lipinski definition) is 0. The largest absolute Gasteiger partial charge is 0.264 e. The second kappa shape index (κ2) is 5.06. The summed E-state index contributed by atoms with van der Waals surface area (Å²) < 4.78 is 1.98. The van der Waals surface area contributed by atoms with Gasteiger partial charge < -0.3 is 0 Å². The van der Waals surface area contributed by atoms with E-state index in [0.717, 1.165) is 22.3 Å². The fourth-order valence-electron chi connectivity index (χ4n) is 2.30. The molecule has 0 aliphatic carbocycles. The maximum absolute atomic E-state index is 6.01. The zero-order valence-electron chi connectivity index (χ0n) is 10.5. The molecule has 95 valence electrons. The normalized spacial score (nSPS) is 12.7. The van der Waals surface area contributed by atoms with E-state index in [4.69, 9.17) is 11.6 Å². The number of hydrogen-bond acceptors (Lipinski definition) is 1. The summed E-state index contributed by atoms with van der Waals surface area (Å²) in [6.07, 6.45) is 2.79. The first-order valence-corrected chi connectivity index (χ1v) is 6.64. The second-order valence-corrected chi connectivity index (χ2v) is 4.96. The number of fused-ring (bicyclic) bond motifs is 1. The van der Waals surface area contributed by atoms with Crippen LogP contribution >= 0.6 is 11.6 Å². The molecule has 0 N–H and O–H groups in total. The molecule has 3 heteroatoms. The summed E-state index contributed by atoms with van der Waals surface area (Å²) in [4.78, 5) is 0. The van der Waals surface area contributed by atoms with Crippen molar-refractivity contribution >= 4 is 22.5 Å². The topological polar surface area (TPSA) is 17.8 Å². The quantitative estimate of drug-likeness (QED) is 0.684. The molecule has 19 heavy (non-hydrogen) atoms. The maximum Gasteiger partial charge on any atom is 0.0924 e. The van der Waals surface area contributed by atoms with Gasteiger partial charge >= 0.3 is 0 Å². The molecule has 1 unspecified atom stereocenters. The van der Waals surface area contributed by atoms with E-state index in [9.17, 15) is 0 Å². The van der Waals surface area contributed by atoms with Crippen LogP contribution in [0.1, 0.15) is 18.0 Å². The van der Waals surface area contributed by atoms with E-state index < -0.39 is 0 Å². The molecule has 2 aromatic carbocycles. The fourth-order valence-corrected chi connectivity index (χ4v) is 2.48. The van der Waals surface area contributed by atoms with Gasteiger partial charge in [0.05, 0.1) is 11.6 Å². The number of rotatable bonds is 3. The third-order valence-electron chi connectivity index (χ3n) is 3.26. The minimum absolute atomic E-state index is 0.160. The first kappa shape index (κ1) is 12.2. The lowest BCUT2D eigenvalue weighted by atomic mass is 10.1. The van der Waals surface area contributed by atoms with Gasteiger partial charge in [0.15, 0.2) is 0 Å². The lowest BCUT2D eigenvalue weighted by Gasteiger charge is -2.15. The minimum atomic E-state index is 0.160. The first-order valence-electron chi connectivity index (χ1n) is 6.26. The van der Waals surface area contributed by atoms with Crippen LogP contribution in [0, 0.1) is 6.92 Å². The molecule has 3 aromatic rings. The highest BCUT2D eigenvalue weighted by Gasteiger charge is 2.13. The van der Waals surface area contributed by atoms with Crippen molar-refractivity contribution in [2.75, 3.05) is 0 Å². The summed E-state index contributed by atoms with van der Waals surface area (Å²) in [5, 5.41) is 6.41. The zero-order valence-corrected chi connectivity index (χ0v) is 11.2. The second-order valence-electron chi connectivity index (χ2n) is 4.53. The molecule has 2 nitrogen and oxygen atoms in total. The highest BCUT2D eigenvalue weighted by Crippen LogP contribution is 2.25. The van der Waals surface area contributed by atoms with Crippen LogP contribution in [0.3, 0.4) is 0 Å². The lowest BCUT2D eigenvalue weighted by Crippen LogP contribution is -2.09. The standard InChI is InChI=1S/C16H14ClN2/c1-2-16(12-6-4-3-5-7-12)19-11-13-10-14(17)8-9-15(13)18-19/h3-11,16H,1-2H2. The molecular formula is C16H14ClN2. The van der Waals surface area contributed by atoms with Crippen molar-refractivity contribution in [3.8, 4) is 0 Å². The van der Waals surface area contributed by atoms with E-state index in [1.54, 1.807) is 0 Å². The van der Waals surface area contributed by atoms with E-state index in [1.807, 2.05) is 47.3 Å². The Morgan fingerprint density at radius 2 is 1.95 bits per heavy atom.